The summed E-state index contributed by atoms with van der Waals surface area (Å²) in [6, 6.07) is 3.60. The molecule has 1 amide bonds. The first-order valence-corrected chi connectivity index (χ1v) is 6.16. The Balaban J connectivity index is 2.68. The average Bonchev–Trinajstić information content (AvgIpc) is 2.77. The van der Waals surface area contributed by atoms with Crippen LogP contribution in [0.4, 0.5) is 0 Å². The molecule has 1 heterocycles. The average molecular weight is 252 g/mol. The molecule has 0 bridgehead atoms. The van der Waals surface area contributed by atoms with Crippen molar-refractivity contribution in [2.24, 2.45) is 0 Å². The quantitative estimate of drug-likeness (QED) is 0.721. The summed E-state index contributed by atoms with van der Waals surface area (Å²) in [4.78, 5) is 24.8. The van der Waals surface area contributed by atoms with E-state index in [9.17, 15) is 9.59 Å². The Kier molecular flexibility index (Phi) is 5.42. The van der Waals surface area contributed by atoms with Gasteiger partial charge in [0, 0.05) is 19.8 Å². The van der Waals surface area contributed by atoms with Gasteiger partial charge in [-0.05, 0) is 25.5 Å². The van der Waals surface area contributed by atoms with Crippen LogP contribution in [-0.2, 0) is 16.1 Å². The lowest BCUT2D eigenvalue weighted by atomic mass is 10.3. The summed E-state index contributed by atoms with van der Waals surface area (Å²) in [5, 5.41) is 0. The van der Waals surface area contributed by atoms with Gasteiger partial charge in [0.25, 0.3) is 5.91 Å². The van der Waals surface area contributed by atoms with Crippen molar-refractivity contribution in [1.82, 2.24) is 9.47 Å². The van der Waals surface area contributed by atoms with Crippen molar-refractivity contribution in [3.05, 3.63) is 24.0 Å². The number of carbonyl (C=O) groups is 2. The number of hydrogen-bond donors (Lipinski definition) is 0. The zero-order valence-corrected chi connectivity index (χ0v) is 11.2. The van der Waals surface area contributed by atoms with E-state index in [2.05, 4.69) is 6.92 Å². The number of aryl methyl sites for hydroxylation is 1. The lowest BCUT2D eigenvalue weighted by molar-refractivity contribution is -0.143. The molecule has 5 heteroatoms. The number of amides is 1. The summed E-state index contributed by atoms with van der Waals surface area (Å²) < 4.78 is 6.71. The Morgan fingerprint density at radius 2 is 2.11 bits per heavy atom. The molecule has 0 aromatic carbocycles. The number of esters is 1. The Bertz CT molecular complexity index is 412. The maximum Gasteiger partial charge on any atom is 0.325 e. The third-order valence-corrected chi connectivity index (χ3v) is 2.53. The van der Waals surface area contributed by atoms with Crippen LogP contribution in [0.15, 0.2) is 18.3 Å². The Morgan fingerprint density at radius 3 is 2.72 bits per heavy atom. The molecule has 0 aliphatic heterocycles. The fraction of sp³-hybridized carbons (Fsp3) is 0.538. The van der Waals surface area contributed by atoms with E-state index in [1.54, 1.807) is 20.0 Å². The highest BCUT2D eigenvalue weighted by Gasteiger charge is 2.18. The van der Waals surface area contributed by atoms with E-state index in [1.165, 1.54) is 4.90 Å². The molecular formula is C13H20N2O3. The Labute approximate surface area is 107 Å². The van der Waals surface area contributed by atoms with E-state index in [0.717, 1.165) is 13.0 Å². The number of ether oxygens (including phenoxy) is 1. The first kappa shape index (κ1) is 14.3. The van der Waals surface area contributed by atoms with Crippen LogP contribution in [0, 0.1) is 0 Å². The molecule has 0 fully saturated rings. The van der Waals surface area contributed by atoms with Crippen LogP contribution in [0.25, 0.3) is 0 Å². The molecule has 1 aromatic rings. The number of likely N-dealkylation sites (N-methyl/N-ethyl adjacent to an activating group) is 1. The largest absolute Gasteiger partial charge is 0.465 e. The van der Waals surface area contributed by atoms with Crippen molar-refractivity contribution in [2.45, 2.75) is 26.8 Å². The van der Waals surface area contributed by atoms with Crippen molar-refractivity contribution in [3.8, 4) is 0 Å². The third-order valence-electron chi connectivity index (χ3n) is 2.53. The molecule has 0 saturated carbocycles. The van der Waals surface area contributed by atoms with Crippen LogP contribution in [0.5, 0.6) is 0 Å². The van der Waals surface area contributed by atoms with Crippen molar-refractivity contribution >= 4 is 11.9 Å². The minimum atomic E-state index is -0.387. The van der Waals surface area contributed by atoms with Crippen LogP contribution in [0.2, 0.25) is 0 Å². The van der Waals surface area contributed by atoms with E-state index < -0.39 is 0 Å². The van der Waals surface area contributed by atoms with Gasteiger partial charge in [0.05, 0.1) is 6.61 Å². The van der Waals surface area contributed by atoms with Gasteiger partial charge < -0.3 is 14.2 Å². The van der Waals surface area contributed by atoms with Gasteiger partial charge in [-0.25, -0.2) is 0 Å². The van der Waals surface area contributed by atoms with E-state index in [4.69, 9.17) is 4.74 Å². The van der Waals surface area contributed by atoms with E-state index in [-0.39, 0.29) is 18.4 Å². The molecule has 0 atom stereocenters. The zero-order chi connectivity index (χ0) is 13.5. The fourth-order valence-corrected chi connectivity index (χ4v) is 1.71. The van der Waals surface area contributed by atoms with Gasteiger partial charge in [0.15, 0.2) is 0 Å². The van der Waals surface area contributed by atoms with Crippen molar-refractivity contribution in [1.29, 1.82) is 0 Å². The molecule has 18 heavy (non-hydrogen) atoms. The van der Waals surface area contributed by atoms with Crippen LogP contribution in [0.3, 0.4) is 0 Å². The minimum Gasteiger partial charge on any atom is -0.465 e. The Morgan fingerprint density at radius 1 is 1.39 bits per heavy atom. The van der Waals surface area contributed by atoms with Crippen LogP contribution in [0.1, 0.15) is 30.8 Å². The molecule has 0 N–H and O–H groups in total. The third kappa shape index (κ3) is 3.61. The second kappa shape index (κ2) is 6.83. The van der Waals surface area contributed by atoms with Gasteiger partial charge in [0.2, 0.25) is 0 Å². The predicted molar refractivity (Wildman–Crippen MR) is 68.3 cm³/mol. The van der Waals surface area contributed by atoms with Crippen molar-refractivity contribution < 1.29 is 14.3 Å². The monoisotopic (exact) mass is 252 g/mol. The molecule has 5 nitrogen and oxygen atoms in total. The van der Waals surface area contributed by atoms with Crippen LogP contribution >= 0.6 is 0 Å². The minimum absolute atomic E-state index is 0.0238. The van der Waals surface area contributed by atoms with E-state index in [0.29, 0.717) is 12.3 Å². The van der Waals surface area contributed by atoms with Gasteiger partial charge in [0.1, 0.15) is 12.2 Å². The summed E-state index contributed by atoms with van der Waals surface area (Å²) in [6.07, 6.45) is 2.82. The maximum absolute atomic E-state index is 12.1. The molecule has 0 aliphatic rings. The van der Waals surface area contributed by atoms with Crippen molar-refractivity contribution in [2.75, 3.05) is 20.2 Å². The van der Waals surface area contributed by atoms with Gasteiger partial charge in [-0.2, -0.15) is 0 Å². The lowest BCUT2D eigenvalue weighted by Gasteiger charge is -2.17. The highest BCUT2D eigenvalue weighted by Crippen LogP contribution is 2.07. The van der Waals surface area contributed by atoms with Crippen LogP contribution < -0.4 is 0 Å². The summed E-state index contributed by atoms with van der Waals surface area (Å²) in [5.74, 6) is -0.552. The van der Waals surface area contributed by atoms with Gasteiger partial charge in [-0.15, -0.1) is 0 Å². The molecule has 0 radical (unpaired) electrons. The van der Waals surface area contributed by atoms with Gasteiger partial charge >= 0.3 is 5.97 Å². The smallest absolute Gasteiger partial charge is 0.325 e. The van der Waals surface area contributed by atoms with Crippen molar-refractivity contribution in [3.63, 3.8) is 0 Å². The summed E-state index contributed by atoms with van der Waals surface area (Å²) in [7, 11) is 1.60. The number of rotatable bonds is 6. The number of aromatic nitrogens is 1. The lowest BCUT2D eigenvalue weighted by Crippen LogP contribution is -2.34. The molecule has 0 aliphatic carbocycles. The first-order valence-electron chi connectivity index (χ1n) is 6.16. The molecule has 1 rings (SSSR count). The number of hydrogen-bond acceptors (Lipinski definition) is 3. The molecule has 100 valence electrons. The zero-order valence-electron chi connectivity index (χ0n) is 11.2. The first-order chi connectivity index (χ1) is 8.60. The highest BCUT2D eigenvalue weighted by molar-refractivity contribution is 5.94. The summed E-state index contributed by atoms with van der Waals surface area (Å²) in [6.45, 7) is 4.89. The van der Waals surface area contributed by atoms with Gasteiger partial charge in [-0.3, -0.25) is 9.59 Å². The highest BCUT2D eigenvalue weighted by atomic mass is 16.5. The summed E-state index contributed by atoms with van der Waals surface area (Å²) >= 11 is 0. The van der Waals surface area contributed by atoms with E-state index >= 15 is 0 Å². The molecule has 0 spiro atoms. The summed E-state index contributed by atoms with van der Waals surface area (Å²) in [5.41, 5.74) is 0.601. The fourth-order valence-electron chi connectivity index (χ4n) is 1.71. The number of carbonyl (C=O) groups excluding carboxylic acids is 2. The molecule has 0 saturated heterocycles. The standard InChI is InChI=1S/C13H20N2O3/c1-4-8-15-9-6-7-11(15)13(17)14(3)10-12(16)18-5-2/h6-7,9H,4-5,8,10H2,1-3H3. The van der Waals surface area contributed by atoms with Crippen LogP contribution in [-0.4, -0.2) is 41.5 Å². The normalized spacial score (nSPS) is 10.2. The molecule has 1 aromatic heterocycles. The Hall–Kier alpha value is -1.78. The second-order valence-corrected chi connectivity index (χ2v) is 4.05. The molecule has 0 unspecified atom stereocenters. The topological polar surface area (TPSA) is 51.5 Å². The maximum atomic E-state index is 12.1. The SMILES string of the molecule is CCCn1cccc1C(=O)N(C)CC(=O)OCC. The second-order valence-electron chi connectivity index (χ2n) is 4.05. The molecular weight excluding hydrogens is 232 g/mol. The number of nitrogens with zero attached hydrogens (tertiary/aromatic N) is 2. The predicted octanol–water partition coefficient (Wildman–Crippen LogP) is 1.53. The van der Waals surface area contributed by atoms with Gasteiger partial charge in [-0.1, -0.05) is 6.92 Å². The van der Waals surface area contributed by atoms with E-state index in [1.807, 2.05) is 16.8 Å².